The van der Waals surface area contributed by atoms with Crippen molar-refractivity contribution >= 4 is 129 Å². The van der Waals surface area contributed by atoms with Gasteiger partial charge in [-0.2, -0.15) is 0 Å². The van der Waals surface area contributed by atoms with E-state index in [0.717, 1.165) is 50.7 Å². The Balaban J connectivity index is 1.15. The van der Waals surface area contributed by atoms with Gasteiger partial charge in [-0.25, -0.2) is 17.6 Å². The Bertz CT molecular complexity index is 5390. The van der Waals surface area contributed by atoms with Crippen LogP contribution in [0.5, 0.6) is 5.75 Å². The second-order valence-electron chi connectivity index (χ2n) is 34.5. The van der Waals surface area contributed by atoms with E-state index in [1.165, 1.54) is 57.3 Å². The molecule has 6 aromatic rings. The molecule has 39 nitrogen and oxygen atoms in total. The molecule has 738 valence electrons. The number of carboxylic acid groups (broad SMARTS) is 2. The summed E-state index contributed by atoms with van der Waals surface area (Å²) in [6, 6.07) is 2.49. The van der Waals surface area contributed by atoms with Crippen molar-refractivity contribution in [2.45, 2.75) is 215 Å². The number of unbranched alkanes of at least 4 members (excludes halogenated alkanes) is 1. The summed E-state index contributed by atoms with van der Waals surface area (Å²) in [5.74, 6) is -29.7. The molecule has 3 aliphatic rings. The molecule has 0 unspecified atom stereocenters. The molecule has 0 spiro atoms. The van der Waals surface area contributed by atoms with Crippen LogP contribution in [-0.2, 0) is 118 Å². The van der Waals surface area contributed by atoms with Crippen LogP contribution in [0, 0.1) is 29.2 Å². The molecular formula is C93H115F4N17O22S. The Morgan fingerprint density at radius 2 is 1.07 bits per heavy atom. The Morgan fingerprint density at radius 3 is 1.72 bits per heavy atom. The molecule has 44 heteroatoms. The van der Waals surface area contributed by atoms with Crippen LogP contribution in [0.15, 0.2) is 121 Å². The number of aliphatic carboxylic acids is 2. The number of halogens is 4. The van der Waals surface area contributed by atoms with Crippen molar-refractivity contribution in [3.05, 3.63) is 173 Å². The van der Waals surface area contributed by atoms with Crippen LogP contribution in [0.2, 0.25) is 0 Å². The number of benzene rings is 5. The molecule has 16 amide bonds. The van der Waals surface area contributed by atoms with E-state index in [9.17, 15) is 72.4 Å². The van der Waals surface area contributed by atoms with Crippen LogP contribution in [0.1, 0.15) is 126 Å². The minimum absolute atomic E-state index is 0.103. The number of likely N-dealkylation sites (N-methyl/N-ethyl adjacent to an activating group) is 3. The fourth-order valence-corrected chi connectivity index (χ4v) is 17.3. The number of nitrogens with one attached hydrogen (secondary N) is 10. The summed E-state index contributed by atoms with van der Waals surface area (Å²) in [4.78, 5) is 271. The number of rotatable bonds is 25. The lowest BCUT2D eigenvalue weighted by Crippen LogP contribution is -2.63. The van der Waals surface area contributed by atoms with E-state index >= 15 is 51.9 Å². The normalized spacial score (nSPS) is 23.8. The number of amides is 16. The quantitative estimate of drug-likeness (QED) is 0.0273. The highest BCUT2D eigenvalue weighted by Gasteiger charge is 2.48. The number of aromatic amines is 1. The molecular weight excluding hydrogens is 1820 g/mol. The maximum Gasteiger partial charge on any atom is 0.305 e. The van der Waals surface area contributed by atoms with Gasteiger partial charge in [-0.15, -0.1) is 11.8 Å². The fourth-order valence-electron chi connectivity index (χ4n) is 16.5. The number of carboxylic acids is 2. The maximum atomic E-state index is 15.7. The third-order valence-corrected chi connectivity index (χ3v) is 25.0. The van der Waals surface area contributed by atoms with Gasteiger partial charge in [0.2, 0.25) is 94.5 Å². The molecule has 18 N–H and O–H groups in total. The van der Waals surface area contributed by atoms with E-state index in [-0.39, 0.29) is 68.4 Å². The minimum atomic E-state index is -2.09. The summed E-state index contributed by atoms with van der Waals surface area (Å²) in [6.07, 6.45) is -6.26. The summed E-state index contributed by atoms with van der Waals surface area (Å²) in [5.41, 5.74) is 12.4. The van der Waals surface area contributed by atoms with Crippen molar-refractivity contribution in [2.24, 2.45) is 17.4 Å². The molecule has 3 fully saturated rings. The zero-order valence-electron chi connectivity index (χ0n) is 76.2. The number of primary amides is 2. The Labute approximate surface area is 789 Å². The third kappa shape index (κ3) is 30.0. The van der Waals surface area contributed by atoms with Crippen molar-refractivity contribution in [2.75, 3.05) is 52.3 Å². The van der Waals surface area contributed by atoms with Gasteiger partial charge in [0.1, 0.15) is 90.1 Å². The number of nitrogens with two attached hydrogens (primary N) is 2. The molecule has 0 radical (unpaired) electrons. The van der Waals surface area contributed by atoms with E-state index in [1.807, 2.05) is 0 Å². The Kier molecular flexibility index (Phi) is 38.9. The molecule has 137 heavy (non-hydrogen) atoms. The largest absolute Gasteiger partial charge is 0.508 e. The molecule has 1 aromatic heterocycles. The number of carbonyl (C=O) groups is 18. The fraction of sp³-hybridized carbons (Fsp3) is 0.462. The first kappa shape index (κ1) is 107. The predicted molar refractivity (Wildman–Crippen MR) is 486 cm³/mol. The highest BCUT2D eigenvalue weighted by atomic mass is 32.2. The van der Waals surface area contributed by atoms with Crippen molar-refractivity contribution in [3.8, 4) is 5.75 Å². The number of aliphatic hydroxyl groups excluding tert-OH is 1. The monoisotopic (exact) mass is 1930 g/mol. The van der Waals surface area contributed by atoms with Gasteiger partial charge in [-0.1, -0.05) is 106 Å². The van der Waals surface area contributed by atoms with Gasteiger partial charge in [-0.05, 0) is 115 Å². The van der Waals surface area contributed by atoms with E-state index in [1.54, 1.807) is 67.7 Å². The van der Waals surface area contributed by atoms with Crippen LogP contribution in [0.25, 0.3) is 10.9 Å². The first-order valence-corrected chi connectivity index (χ1v) is 45.8. The highest BCUT2D eigenvalue weighted by Crippen LogP contribution is 2.29. The average Bonchev–Trinajstić information content (AvgIpc) is 1.73. The molecule has 9 rings (SSSR count). The van der Waals surface area contributed by atoms with Gasteiger partial charge < -0.3 is 109 Å². The van der Waals surface area contributed by atoms with Crippen molar-refractivity contribution in [1.82, 2.24) is 77.3 Å². The topological polar surface area (TPSA) is 580 Å². The first-order chi connectivity index (χ1) is 65.0. The summed E-state index contributed by atoms with van der Waals surface area (Å²) in [6.45, 7) is 3.00. The lowest BCUT2D eigenvalue weighted by atomic mass is 9.97. The molecule has 0 bridgehead atoms. The van der Waals surface area contributed by atoms with E-state index in [2.05, 4.69) is 52.8 Å². The zero-order valence-corrected chi connectivity index (χ0v) is 77.0. The number of H-pyrrole nitrogens is 1. The second kappa shape index (κ2) is 50.0. The van der Waals surface area contributed by atoms with Crippen LogP contribution in [0.4, 0.5) is 17.6 Å². The number of phenols is 1. The molecule has 3 aliphatic heterocycles. The maximum absolute atomic E-state index is 15.7. The number of nitrogens with zero attached hydrogens (tertiary/aromatic N) is 5. The number of aliphatic hydroxyl groups is 1. The van der Waals surface area contributed by atoms with Gasteiger partial charge in [0.25, 0.3) is 0 Å². The molecule has 0 aliphatic carbocycles. The number of thioether (sulfide) groups is 1. The number of hydrogen-bond acceptors (Lipinski definition) is 21. The minimum Gasteiger partial charge on any atom is -0.508 e. The van der Waals surface area contributed by atoms with Crippen molar-refractivity contribution in [1.29, 1.82) is 0 Å². The first-order valence-electron chi connectivity index (χ1n) is 44.6. The van der Waals surface area contributed by atoms with Gasteiger partial charge in [-0.3, -0.25) is 86.3 Å². The van der Waals surface area contributed by atoms with E-state index < -0.39 is 308 Å². The standard InChI is InChI=1S/C93H115F4N17O22S/c1-7-8-20-70-92(135)114-46-57(116)42-72(114)88(131)107-66(43-78(122)123)85(128)109-80(49(2)3)93(136)111(5)71(39-50-16-10-9-11-17-50)87(130)104-63(31-33-77(120)121)90(133)113-34-15-14-21-69(113)86(129)106-65(41-54-44-100-61-19-13-12-18-58(54)61)84(127)105-64(37-51-24-28-56(115)29-25-51)83(126)103-62(30-32-74(98)117)82(125)108-68(81(124)101-45-75(99)118)47-137-48-76(119)102-67(38-53-35-59(95)79(97)60(96)36-53)89(132)112(6)73(91(134)110(70)4)40-52-22-26-55(94)27-23-52/h9-13,16-19,22-29,35-36,44,49,57,62-73,80,100,115-116H,7-8,14-15,20-21,30-34,37-43,45-48H2,1-6H3,(H2,98,117)(H2,99,118)(H,101,124)(H,102,119)(H,103,126)(H,104,130)(H,105,127)(H,106,129)(H,107,131)(H,108,125)(H,109,128)(H,120,121)(H,122,123)/t57-,62-,63-,64-,65+,66-,67-,68-,69+,70-,71-,72+,73-,80+/m0/s1. The lowest BCUT2D eigenvalue weighted by Gasteiger charge is -2.38. The second-order valence-corrected chi connectivity index (χ2v) is 35.5. The van der Waals surface area contributed by atoms with Gasteiger partial charge in [0.05, 0.1) is 24.8 Å². The van der Waals surface area contributed by atoms with Crippen LogP contribution in [0.3, 0.4) is 0 Å². The summed E-state index contributed by atoms with van der Waals surface area (Å²) in [5, 5.41) is 65.5. The van der Waals surface area contributed by atoms with Crippen molar-refractivity contribution in [3.63, 3.8) is 0 Å². The number of phenolic OH excluding ortho intramolecular Hbond substituents is 1. The van der Waals surface area contributed by atoms with Crippen LogP contribution < -0.4 is 59.3 Å². The molecule has 14 atom stereocenters. The SMILES string of the molecule is CCCC[C@H]1C(=O)N2C[C@@H](O)C[C@@H]2C(=O)N[C@@H](CC(=O)O)C(=O)N[C@H](C(C)C)C(=O)N(C)[C@@H](Cc2ccccc2)C(=O)N[C@@H](CCC(=O)O)C(=O)N2CCCC[C@@H]2C(=O)N[C@H](Cc2c[nH]c3ccccc23)C(=O)N[C@@H](Cc2ccc(O)cc2)C(=O)N[C@@H](CCC(N)=O)C(=O)N[C@H](C(=O)NCC(N)=O)CSCC(=O)N[C@@H](Cc2cc(F)c(F)c(F)c2)C(=O)N(C)[C@@H](Cc2ccc(F)cc2)C(=O)N1C. The van der Waals surface area contributed by atoms with Crippen molar-refractivity contribution < 1.29 is 124 Å². The molecule has 5 aromatic carbocycles. The molecule has 3 saturated heterocycles. The number of carbonyl (C=O) groups excluding carboxylic acids is 16. The summed E-state index contributed by atoms with van der Waals surface area (Å²) >= 11 is 0.554. The summed E-state index contributed by atoms with van der Waals surface area (Å²) < 4.78 is 59.8. The van der Waals surface area contributed by atoms with Gasteiger partial charge in [0.15, 0.2) is 17.5 Å². The zero-order chi connectivity index (χ0) is 100. The molecule has 4 heterocycles. The number of fused-ring (bicyclic) bond motifs is 3. The predicted octanol–water partition coefficient (Wildman–Crippen LogP) is 0.445. The molecule has 0 saturated carbocycles. The van der Waals surface area contributed by atoms with Gasteiger partial charge >= 0.3 is 11.9 Å². The lowest BCUT2D eigenvalue weighted by molar-refractivity contribution is -0.152. The average molecular weight is 1930 g/mol. The van der Waals surface area contributed by atoms with E-state index in [4.69, 9.17) is 11.5 Å². The number of aromatic nitrogens is 1. The Hall–Kier alpha value is -14.1. The highest BCUT2D eigenvalue weighted by molar-refractivity contribution is 8.00. The van der Waals surface area contributed by atoms with Crippen LogP contribution in [-0.4, -0.2) is 293 Å². The number of aromatic hydroxyl groups is 1. The van der Waals surface area contributed by atoms with E-state index in [0.29, 0.717) is 52.3 Å². The number of piperidine rings is 1. The third-order valence-electron chi connectivity index (χ3n) is 24.0. The Morgan fingerprint density at radius 1 is 0.518 bits per heavy atom. The number of para-hydroxylation sites is 1. The smallest absolute Gasteiger partial charge is 0.305 e. The summed E-state index contributed by atoms with van der Waals surface area (Å²) in [7, 11) is 3.40. The van der Waals surface area contributed by atoms with Gasteiger partial charge in [0, 0.05) is 108 Å². The van der Waals surface area contributed by atoms with Crippen LogP contribution >= 0.6 is 11.8 Å². The number of hydrogen-bond donors (Lipinski definition) is 16.